The van der Waals surface area contributed by atoms with Gasteiger partial charge in [-0.15, -0.1) is 0 Å². The SMILES string of the molecule is CC(C)CCc1ccc(C2(C)NC(=O)N(CCCC(=O)O)C=C2C(C)C)cc1Cl. The van der Waals surface area contributed by atoms with Crippen LogP contribution in [0, 0.1) is 11.8 Å². The van der Waals surface area contributed by atoms with Gasteiger partial charge in [-0.2, -0.15) is 0 Å². The second-order valence-electron chi connectivity index (χ2n) is 8.72. The van der Waals surface area contributed by atoms with Gasteiger partial charge in [0.2, 0.25) is 0 Å². The molecule has 0 aromatic heterocycles. The lowest BCUT2D eigenvalue weighted by Crippen LogP contribution is -2.54. The quantitative estimate of drug-likeness (QED) is 0.548. The number of benzene rings is 1. The summed E-state index contributed by atoms with van der Waals surface area (Å²) < 4.78 is 0. The molecule has 5 nitrogen and oxygen atoms in total. The van der Waals surface area contributed by atoms with Crippen molar-refractivity contribution >= 4 is 23.6 Å². The zero-order chi connectivity index (χ0) is 21.8. The molecule has 0 saturated heterocycles. The van der Waals surface area contributed by atoms with E-state index in [0.717, 1.165) is 34.6 Å². The molecule has 1 heterocycles. The van der Waals surface area contributed by atoms with Gasteiger partial charge in [-0.3, -0.25) is 4.79 Å². The van der Waals surface area contributed by atoms with Gasteiger partial charge in [-0.05, 0) is 60.8 Å². The molecule has 6 heteroatoms. The number of hydrogen-bond acceptors (Lipinski definition) is 2. The molecule has 1 atom stereocenters. The van der Waals surface area contributed by atoms with Crippen LogP contribution in [0.25, 0.3) is 0 Å². The third kappa shape index (κ3) is 5.75. The minimum Gasteiger partial charge on any atom is -0.481 e. The second-order valence-corrected chi connectivity index (χ2v) is 9.13. The number of nitrogens with one attached hydrogen (secondary N) is 1. The number of urea groups is 1. The van der Waals surface area contributed by atoms with Crippen molar-refractivity contribution in [2.45, 2.75) is 65.8 Å². The first-order valence-electron chi connectivity index (χ1n) is 10.4. The van der Waals surface area contributed by atoms with Gasteiger partial charge in [-0.25, -0.2) is 4.79 Å². The number of halogens is 1. The van der Waals surface area contributed by atoms with Gasteiger partial charge in [-0.1, -0.05) is 51.4 Å². The Morgan fingerprint density at radius 2 is 1.97 bits per heavy atom. The highest BCUT2D eigenvalue weighted by Gasteiger charge is 2.39. The van der Waals surface area contributed by atoms with Crippen molar-refractivity contribution < 1.29 is 14.7 Å². The third-order valence-corrected chi connectivity index (χ3v) is 5.88. The molecule has 1 aliphatic rings. The van der Waals surface area contributed by atoms with E-state index in [2.05, 4.69) is 45.1 Å². The number of aryl methyl sites for hydroxylation is 1. The van der Waals surface area contributed by atoms with E-state index in [1.807, 2.05) is 19.2 Å². The van der Waals surface area contributed by atoms with E-state index in [-0.39, 0.29) is 18.4 Å². The summed E-state index contributed by atoms with van der Waals surface area (Å²) in [5, 5.41) is 12.7. The van der Waals surface area contributed by atoms with Crippen LogP contribution in [0.2, 0.25) is 5.02 Å². The van der Waals surface area contributed by atoms with E-state index in [0.29, 0.717) is 18.9 Å². The van der Waals surface area contributed by atoms with Gasteiger partial charge in [0.25, 0.3) is 0 Å². The van der Waals surface area contributed by atoms with Crippen molar-refractivity contribution in [2.75, 3.05) is 6.54 Å². The molecule has 0 fully saturated rings. The topological polar surface area (TPSA) is 69.6 Å². The van der Waals surface area contributed by atoms with Crippen molar-refractivity contribution in [3.63, 3.8) is 0 Å². The Balaban J connectivity index is 2.31. The van der Waals surface area contributed by atoms with Gasteiger partial charge < -0.3 is 15.3 Å². The summed E-state index contributed by atoms with van der Waals surface area (Å²) in [4.78, 5) is 25.1. The van der Waals surface area contributed by atoms with Crippen LogP contribution in [0.5, 0.6) is 0 Å². The van der Waals surface area contributed by atoms with Crippen LogP contribution in [-0.4, -0.2) is 28.6 Å². The van der Waals surface area contributed by atoms with Crippen molar-refractivity contribution in [2.24, 2.45) is 11.8 Å². The summed E-state index contributed by atoms with van der Waals surface area (Å²) in [6.45, 7) is 11.0. The molecule has 160 valence electrons. The molecule has 2 amide bonds. The molecule has 1 aromatic carbocycles. The van der Waals surface area contributed by atoms with Gasteiger partial charge in [0, 0.05) is 24.2 Å². The third-order valence-electron chi connectivity index (χ3n) is 5.52. The summed E-state index contributed by atoms with van der Waals surface area (Å²) >= 11 is 6.59. The first kappa shape index (κ1) is 23.3. The van der Waals surface area contributed by atoms with E-state index >= 15 is 0 Å². The lowest BCUT2D eigenvalue weighted by molar-refractivity contribution is -0.137. The zero-order valence-electron chi connectivity index (χ0n) is 18.1. The smallest absolute Gasteiger partial charge is 0.322 e. The molecule has 1 aromatic rings. The van der Waals surface area contributed by atoms with Crippen LogP contribution in [0.1, 0.15) is 65.0 Å². The van der Waals surface area contributed by atoms with E-state index in [1.54, 1.807) is 4.90 Å². The molecule has 29 heavy (non-hydrogen) atoms. The average Bonchev–Trinajstić information content (AvgIpc) is 2.61. The number of carbonyl (C=O) groups is 2. The minimum atomic E-state index is -0.854. The Hall–Kier alpha value is -2.01. The second kappa shape index (κ2) is 9.66. The highest BCUT2D eigenvalue weighted by Crippen LogP contribution is 2.38. The van der Waals surface area contributed by atoms with Crippen LogP contribution in [-0.2, 0) is 16.8 Å². The van der Waals surface area contributed by atoms with E-state index in [1.165, 1.54) is 0 Å². The average molecular weight is 421 g/mol. The van der Waals surface area contributed by atoms with E-state index in [4.69, 9.17) is 16.7 Å². The molecule has 1 unspecified atom stereocenters. The zero-order valence-corrected chi connectivity index (χ0v) is 18.8. The number of rotatable bonds is 9. The maximum absolute atomic E-state index is 12.7. The Labute approximate surface area is 179 Å². The van der Waals surface area contributed by atoms with E-state index < -0.39 is 11.5 Å². The fourth-order valence-electron chi connectivity index (χ4n) is 3.75. The minimum absolute atomic E-state index is 0.0410. The maximum Gasteiger partial charge on any atom is 0.322 e. The molecule has 0 bridgehead atoms. The van der Waals surface area contributed by atoms with Gasteiger partial charge in [0.1, 0.15) is 0 Å². The molecule has 0 spiro atoms. The van der Waals surface area contributed by atoms with Crippen LogP contribution < -0.4 is 5.32 Å². The number of carboxylic acids is 1. The number of amides is 2. The predicted octanol–water partition coefficient (Wildman–Crippen LogP) is 5.57. The van der Waals surface area contributed by atoms with Crippen molar-refractivity contribution in [3.05, 3.63) is 46.1 Å². The fourth-order valence-corrected chi connectivity index (χ4v) is 4.03. The Kier molecular flexibility index (Phi) is 7.75. The normalized spacial score (nSPS) is 19.5. The number of aliphatic carboxylic acids is 1. The first-order chi connectivity index (χ1) is 13.5. The Bertz CT molecular complexity index is 788. The van der Waals surface area contributed by atoms with Crippen molar-refractivity contribution in [3.8, 4) is 0 Å². The lowest BCUT2D eigenvalue weighted by atomic mass is 9.78. The molecular weight excluding hydrogens is 388 g/mol. The Morgan fingerprint density at radius 3 is 2.52 bits per heavy atom. The number of carbonyl (C=O) groups excluding carboxylic acids is 1. The lowest BCUT2D eigenvalue weighted by Gasteiger charge is -2.42. The monoisotopic (exact) mass is 420 g/mol. The van der Waals surface area contributed by atoms with Crippen LogP contribution in [0.15, 0.2) is 30.0 Å². The summed E-state index contributed by atoms with van der Waals surface area (Å²) in [6.07, 6.45) is 4.35. The molecule has 2 N–H and O–H groups in total. The molecule has 2 rings (SSSR count). The highest BCUT2D eigenvalue weighted by atomic mass is 35.5. The van der Waals surface area contributed by atoms with E-state index in [9.17, 15) is 9.59 Å². The number of hydrogen-bond donors (Lipinski definition) is 2. The molecule has 0 aliphatic carbocycles. The molecule has 0 saturated carbocycles. The molecule has 1 aliphatic heterocycles. The summed E-state index contributed by atoms with van der Waals surface area (Å²) in [5.41, 5.74) is 2.49. The Morgan fingerprint density at radius 1 is 1.28 bits per heavy atom. The summed E-state index contributed by atoms with van der Waals surface area (Å²) in [5.74, 6) is -0.0436. The van der Waals surface area contributed by atoms with Crippen LogP contribution in [0.4, 0.5) is 4.79 Å². The highest BCUT2D eigenvalue weighted by molar-refractivity contribution is 6.31. The van der Waals surface area contributed by atoms with Crippen molar-refractivity contribution in [1.82, 2.24) is 10.2 Å². The first-order valence-corrected chi connectivity index (χ1v) is 10.7. The van der Waals surface area contributed by atoms with Gasteiger partial charge in [0.15, 0.2) is 0 Å². The largest absolute Gasteiger partial charge is 0.481 e. The maximum atomic E-state index is 12.7. The van der Waals surface area contributed by atoms with Crippen LogP contribution in [0.3, 0.4) is 0 Å². The molecule has 0 radical (unpaired) electrons. The summed E-state index contributed by atoms with van der Waals surface area (Å²) in [6, 6.07) is 5.86. The van der Waals surface area contributed by atoms with Gasteiger partial charge in [0.05, 0.1) is 5.54 Å². The number of carboxylic acid groups (broad SMARTS) is 1. The molecular formula is C23H33ClN2O3. The standard InChI is InChI=1S/C23H33ClN2O3/c1-15(2)8-9-17-10-11-18(13-20(17)24)23(5)19(16(3)4)14-26(22(29)25-23)12-6-7-21(27)28/h10-11,13-16H,6-9,12H2,1-5H3,(H,25,29)(H,27,28). The van der Waals surface area contributed by atoms with Crippen LogP contribution >= 0.6 is 11.6 Å². The summed E-state index contributed by atoms with van der Waals surface area (Å²) in [7, 11) is 0. The number of nitrogens with zero attached hydrogens (tertiary/aromatic N) is 1. The van der Waals surface area contributed by atoms with Gasteiger partial charge >= 0.3 is 12.0 Å². The van der Waals surface area contributed by atoms with Crippen molar-refractivity contribution in [1.29, 1.82) is 0 Å². The fraction of sp³-hybridized carbons (Fsp3) is 0.565. The predicted molar refractivity (Wildman–Crippen MR) is 117 cm³/mol.